The minimum Gasteiger partial charge on any atom is -0.376 e. The van der Waals surface area contributed by atoms with Crippen molar-refractivity contribution in [2.75, 3.05) is 13.2 Å². The standard InChI is InChI=1S/C13H20N4O3S/c14-13(17-9-11-2-1-7-20-11)16-8-10-3-5-12(6-4-10)21(15,18)19/h3-6,11H,1-2,7-9H2,(H3,14,16,17)(H2,15,18,19). The Morgan fingerprint density at radius 1 is 1.38 bits per heavy atom. The molecule has 7 nitrogen and oxygen atoms in total. The first-order valence-corrected chi connectivity index (χ1v) is 8.27. The summed E-state index contributed by atoms with van der Waals surface area (Å²) in [4.78, 5) is 4.28. The van der Waals surface area contributed by atoms with Gasteiger partial charge in [-0.05, 0) is 30.5 Å². The van der Waals surface area contributed by atoms with E-state index >= 15 is 0 Å². The van der Waals surface area contributed by atoms with Crippen molar-refractivity contribution >= 4 is 16.0 Å². The number of sulfonamides is 1. The highest BCUT2D eigenvalue weighted by Crippen LogP contribution is 2.11. The van der Waals surface area contributed by atoms with Crippen LogP contribution in [-0.4, -0.2) is 33.6 Å². The van der Waals surface area contributed by atoms with Crippen LogP contribution >= 0.6 is 0 Å². The summed E-state index contributed by atoms with van der Waals surface area (Å²) < 4.78 is 27.7. The van der Waals surface area contributed by atoms with Crippen molar-refractivity contribution in [1.29, 1.82) is 0 Å². The third kappa shape index (κ3) is 5.00. The molecule has 21 heavy (non-hydrogen) atoms. The van der Waals surface area contributed by atoms with E-state index in [1.54, 1.807) is 12.1 Å². The van der Waals surface area contributed by atoms with Gasteiger partial charge in [-0.1, -0.05) is 12.1 Å². The summed E-state index contributed by atoms with van der Waals surface area (Å²) in [5.74, 6) is 0.348. The molecular formula is C13H20N4O3S. The van der Waals surface area contributed by atoms with Crippen molar-refractivity contribution in [2.45, 2.75) is 30.4 Å². The van der Waals surface area contributed by atoms with Gasteiger partial charge in [0, 0.05) is 13.2 Å². The second-order valence-electron chi connectivity index (χ2n) is 4.91. The van der Waals surface area contributed by atoms with E-state index in [1.165, 1.54) is 12.1 Å². The van der Waals surface area contributed by atoms with E-state index < -0.39 is 10.0 Å². The highest BCUT2D eigenvalue weighted by Gasteiger charge is 2.14. The first-order valence-electron chi connectivity index (χ1n) is 6.72. The summed E-state index contributed by atoms with van der Waals surface area (Å²) in [6.07, 6.45) is 2.32. The molecule has 1 saturated heterocycles. The fourth-order valence-electron chi connectivity index (χ4n) is 2.04. The molecule has 0 radical (unpaired) electrons. The average Bonchev–Trinajstić information content (AvgIpc) is 2.95. The Morgan fingerprint density at radius 3 is 2.67 bits per heavy atom. The fourth-order valence-corrected chi connectivity index (χ4v) is 2.56. The Labute approximate surface area is 124 Å². The smallest absolute Gasteiger partial charge is 0.238 e. The minimum absolute atomic E-state index is 0.0831. The summed E-state index contributed by atoms with van der Waals surface area (Å²) >= 11 is 0. The van der Waals surface area contributed by atoms with Crippen LogP contribution in [0.4, 0.5) is 0 Å². The lowest BCUT2D eigenvalue weighted by Gasteiger charge is -2.11. The number of nitrogens with zero attached hydrogens (tertiary/aromatic N) is 1. The van der Waals surface area contributed by atoms with Gasteiger partial charge in [-0.25, -0.2) is 18.5 Å². The van der Waals surface area contributed by atoms with Crippen LogP contribution in [0.1, 0.15) is 18.4 Å². The summed E-state index contributed by atoms with van der Waals surface area (Å²) in [5, 5.41) is 8.05. The Bertz CT molecular complexity index is 592. The molecule has 1 aliphatic heterocycles. The molecule has 2 rings (SSSR count). The second kappa shape index (κ2) is 6.88. The number of ether oxygens (including phenoxy) is 1. The van der Waals surface area contributed by atoms with Crippen LogP contribution in [0, 0.1) is 0 Å². The first kappa shape index (κ1) is 15.7. The minimum atomic E-state index is -3.66. The lowest BCUT2D eigenvalue weighted by Crippen LogP contribution is -2.37. The van der Waals surface area contributed by atoms with Gasteiger partial charge in [-0.3, -0.25) is 0 Å². The molecule has 1 fully saturated rings. The van der Waals surface area contributed by atoms with Crippen LogP contribution < -0.4 is 16.2 Å². The van der Waals surface area contributed by atoms with Crippen LogP contribution in [0.3, 0.4) is 0 Å². The molecule has 0 spiro atoms. The van der Waals surface area contributed by atoms with E-state index in [0.717, 1.165) is 25.0 Å². The molecular weight excluding hydrogens is 292 g/mol. The highest BCUT2D eigenvalue weighted by atomic mass is 32.2. The van der Waals surface area contributed by atoms with Crippen molar-refractivity contribution in [3.8, 4) is 0 Å². The molecule has 1 unspecified atom stereocenters. The van der Waals surface area contributed by atoms with E-state index in [0.29, 0.717) is 19.0 Å². The largest absolute Gasteiger partial charge is 0.376 e. The van der Waals surface area contributed by atoms with Gasteiger partial charge in [-0.15, -0.1) is 0 Å². The second-order valence-corrected chi connectivity index (χ2v) is 6.47. The van der Waals surface area contributed by atoms with Gasteiger partial charge in [0.05, 0.1) is 17.5 Å². The highest BCUT2D eigenvalue weighted by molar-refractivity contribution is 7.89. The summed E-state index contributed by atoms with van der Waals surface area (Å²) in [6.45, 7) is 1.83. The molecule has 1 aliphatic rings. The predicted molar refractivity (Wildman–Crippen MR) is 80.1 cm³/mol. The number of primary sulfonamides is 1. The molecule has 1 atom stereocenters. The third-order valence-corrected chi connectivity index (χ3v) is 4.15. The first-order chi connectivity index (χ1) is 9.95. The lowest BCUT2D eigenvalue weighted by molar-refractivity contribution is 0.114. The molecule has 1 aromatic carbocycles. The zero-order valence-electron chi connectivity index (χ0n) is 11.7. The van der Waals surface area contributed by atoms with Gasteiger partial charge >= 0.3 is 0 Å². The summed E-state index contributed by atoms with van der Waals surface area (Å²) in [7, 11) is -3.66. The number of benzene rings is 1. The maximum atomic E-state index is 11.1. The van der Waals surface area contributed by atoms with Gasteiger partial charge in [0.15, 0.2) is 5.96 Å². The molecule has 0 bridgehead atoms. The van der Waals surface area contributed by atoms with Crippen molar-refractivity contribution in [3.05, 3.63) is 29.8 Å². The van der Waals surface area contributed by atoms with Crippen molar-refractivity contribution in [1.82, 2.24) is 5.32 Å². The van der Waals surface area contributed by atoms with E-state index in [9.17, 15) is 8.42 Å². The zero-order valence-corrected chi connectivity index (χ0v) is 12.5. The molecule has 8 heteroatoms. The molecule has 1 aromatic rings. The number of nitrogens with one attached hydrogen (secondary N) is 1. The van der Waals surface area contributed by atoms with Crippen molar-refractivity contribution in [2.24, 2.45) is 15.9 Å². The Balaban J connectivity index is 1.84. The summed E-state index contributed by atoms with van der Waals surface area (Å²) in [6, 6.07) is 6.24. The Morgan fingerprint density at radius 2 is 2.10 bits per heavy atom. The van der Waals surface area contributed by atoms with E-state index in [4.69, 9.17) is 15.6 Å². The summed E-state index contributed by atoms with van der Waals surface area (Å²) in [5.41, 5.74) is 6.62. The van der Waals surface area contributed by atoms with Crippen LogP contribution in [0.15, 0.2) is 34.2 Å². The van der Waals surface area contributed by atoms with Gasteiger partial charge in [0.25, 0.3) is 0 Å². The van der Waals surface area contributed by atoms with Crippen LogP contribution in [0.5, 0.6) is 0 Å². The normalized spacial score (nSPS) is 19.7. The number of nitrogens with two attached hydrogens (primary N) is 2. The van der Waals surface area contributed by atoms with Crippen molar-refractivity contribution in [3.63, 3.8) is 0 Å². The van der Waals surface area contributed by atoms with Gasteiger partial charge in [0.2, 0.25) is 10.0 Å². The molecule has 0 saturated carbocycles. The van der Waals surface area contributed by atoms with Crippen LogP contribution in [0.2, 0.25) is 0 Å². The van der Waals surface area contributed by atoms with Crippen LogP contribution in [-0.2, 0) is 21.3 Å². The molecule has 5 N–H and O–H groups in total. The predicted octanol–water partition coefficient (Wildman–Crippen LogP) is -0.0827. The number of aliphatic imine (C=N–C) groups is 1. The van der Waals surface area contributed by atoms with Gasteiger partial charge in [-0.2, -0.15) is 0 Å². The van der Waals surface area contributed by atoms with Gasteiger partial charge in [0.1, 0.15) is 0 Å². The molecule has 1 heterocycles. The molecule has 0 aromatic heterocycles. The number of hydrogen-bond donors (Lipinski definition) is 3. The topological polar surface area (TPSA) is 120 Å². The maximum absolute atomic E-state index is 11.1. The maximum Gasteiger partial charge on any atom is 0.238 e. The Hall–Kier alpha value is -1.64. The van der Waals surface area contributed by atoms with Crippen LogP contribution in [0.25, 0.3) is 0 Å². The lowest BCUT2D eigenvalue weighted by atomic mass is 10.2. The van der Waals surface area contributed by atoms with Gasteiger partial charge < -0.3 is 15.8 Å². The number of guanidine groups is 1. The van der Waals surface area contributed by atoms with E-state index in [2.05, 4.69) is 10.3 Å². The quantitative estimate of drug-likeness (QED) is 0.519. The zero-order chi connectivity index (χ0) is 15.3. The number of rotatable bonds is 5. The molecule has 0 aliphatic carbocycles. The molecule has 0 amide bonds. The van der Waals surface area contributed by atoms with E-state index in [-0.39, 0.29) is 11.0 Å². The molecule has 116 valence electrons. The Kier molecular flexibility index (Phi) is 5.16. The average molecular weight is 312 g/mol. The van der Waals surface area contributed by atoms with E-state index in [1.807, 2.05) is 0 Å². The fraction of sp³-hybridized carbons (Fsp3) is 0.462. The monoisotopic (exact) mass is 312 g/mol. The number of hydrogen-bond acceptors (Lipinski definition) is 4. The van der Waals surface area contributed by atoms with Crippen molar-refractivity contribution < 1.29 is 13.2 Å². The third-order valence-electron chi connectivity index (χ3n) is 3.22. The SMILES string of the molecule is NC(=NCc1ccc(S(N)(=O)=O)cc1)NCC1CCCO1.